The average molecular weight is 545 g/mol. The molecule has 1 atom stereocenters. The number of carbonyl (C=O) groups is 2. The lowest BCUT2D eigenvalue weighted by atomic mass is 10.1. The van der Waals surface area contributed by atoms with Crippen LogP contribution in [0.2, 0.25) is 5.02 Å². The van der Waals surface area contributed by atoms with Gasteiger partial charge in [-0.2, -0.15) is 13.2 Å². The minimum absolute atomic E-state index is 0.00956. The molecule has 0 bridgehead atoms. The molecule has 1 fully saturated rings. The predicted molar refractivity (Wildman–Crippen MR) is 133 cm³/mol. The highest BCUT2D eigenvalue weighted by molar-refractivity contribution is 6.31. The van der Waals surface area contributed by atoms with E-state index in [2.05, 4.69) is 37.4 Å². The average Bonchev–Trinajstić information content (AvgIpc) is 3.25. The Kier molecular flexibility index (Phi) is 7.36. The van der Waals surface area contributed by atoms with Crippen molar-refractivity contribution in [2.45, 2.75) is 32.5 Å². The number of nitrogen functional groups attached to an aromatic ring is 1. The normalized spacial score (nSPS) is 15.1. The van der Waals surface area contributed by atoms with Crippen LogP contribution in [0.5, 0.6) is 0 Å². The first-order valence-corrected chi connectivity index (χ1v) is 11.5. The van der Waals surface area contributed by atoms with Crippen molar-refractivity contribution in [3.8, 4) is 11.8 Å². The van der Waals surface area contributed by atoms with Gasteiger partial charge in [0.05, 0.1) is 13.0 Å². The molecule has 1 aliphatic rings. The minimum atomic E-state index is -4.75. The third-order valence-electron chi connectivity index (χ3n) is 5.43. The van der Waals surface area contributed by atoms with Gasteiger partial charge in [-0.25, -0.2) is 15.0 Å². The highest BCUT2D eigenvalue weighted by Crippen LogP contribution is 2.31. The van der Waals surface area contributed by atoms with E-state index in [9.17, 15) is 22.8 Å². The molecular formula is C24H20ClF3N8O2. The summed E-state index contributed by atoms with van der Waals surface area (Å²) < 4.78 is 40.1. The molecule has 1 aromatic carbocycles. The maximum absolute atomic E-state index is 13.8. The molecule has 196 valence electrons. The second-order valence-corrected chi connectivity index (χ2v) is 8.73. The largest absolute Gasteiger partial charge is 0.433 e. The van der Waals surface area contributed by atoms with Gasteiger partial charge in [0, 0.05) is 16.4 Å². The first-order chi connectivity index (χ1) is 17.9. The molecule has 0 spiro atoms. The Morgan fingerprint density at radius 3 is 2.63 bits per heavy atom. The number of amides is 2. The van der Waals surface area contributed by atoms with Gasteiger partial charge >= 0.3 is 6.18 Å². The van der Waals surface area contributed by atoms with E-state index in [1.165, 1.54) is 17.9 Å². The van der Waals surface area contributed by atoms with Gasteiger partial charge in [0.1, 0.15) is 23.2 Å². The number of hydrazine groups is 1. The van der Waals surface area contributed by atoms with Crippen LogP contribution in [0.4, 0.5) is 30.6 Å². The second kappa shape index (κ2) is 10.5. The Morgan fingerprint density at radius 2 is 1.97 bits per heavy atom. The van der Waals surface area contributed by atoms with Crippen molar-refractivity contribution in [2.75, 3.05) is 22.2 Å². The Balaban J connectivity index is 1.70. The van der Waals surface area contributed by atoms with Crippen LogP contribution in [0.15, 0.2) is 36.4 Å². The van der Waals surface area contributed by atoms with Crippen molar-refractivity contribution in [1.29, 1.82) is 0 Å². The molecule has 0 saturated carbocycles. The van der Waals surface area contributed by atoms with Crippen LogP contribution in [0.3, 0.4) is 0 Å². The zero-order valence-corrected chi connectivity index (χ0v) is 20.8. The maximum Gasteiger partial charge on any atom is 0.433 e. The summed E-state index contributed by atoms with van der Waals surface area (Å²) in [6.07, 6.45) is -5.09. The summed E-state index contributed by atoms with van der Waals surface area (Å²) in [5, 5.41) is 8.99. The van der Waals surface area contributed by atoms with Crippen molar-refractivity contribution in [2.24, 2.45) is 0 Å². The number of rotatable bonds is 4. The molecule has 3 N–H and O–H groups in total. The lowest BCUT2D eigenvalue weighted by Gasteiger charge is -2.29. The summed E-state index contributed by atoms with van der Waals surface area (Å²) in [6.45, 7) is 2.96. The van der Waals surface area contributed by atoms with Crippen molar-refractivity contribution in [3.63, 3.8) is 0 Å². The number of anilines is 3. The topological polar surface area (TPSA) is 130 Å². The third kappa shape index (κ3) is 5.92. The van der Waals surface area contributed by atoms with E-state index >= 15 is 0 Å². The molecule has 3 aromatic rings. The third-order valence-corrected chi connectivity index (χ3v) is 5.85. The fourth-order valence-electron chi connectivity index (χ4n) is 3.61. The molecule has 0 radical (unpaired) electrons. The number of nitrogens with zero attached hydrogens (tertiary/aromatic N) is 6. The van der Waals surface area contributed by atoms with Gasteiger partial charge in [0.15, 0.2) is 0 Å². The molecule has 1 unspecified atom stereocenters. The first kappa shape index (κ1) is 26.6. The van der Waals surface area contributed by atoms with Gasteiger partial charge in [-0.1, -0.05) is 17.5 Å². The lowest BCUT2D eigenvalue weighted by Crippen LogP contribution is -2.50. The van der Waals surface area contributed by atoms with Crippen LogP contribution in [-0.2, 0) is 15.8 Å². The fourth-order valence-corrected chi connectivity index (χ4v) is 3.73. The van der Waals surface area contributed by atoms with Gasteiger partial charge in [0.2, 0.25) is 11.9 Å². The number of aromatic nitrogens is 4. The van der Waals surface area contributed by atoms with E-state index in [4.69, 9.17) is 17.3 Å². The number of halogens is 4. The van der Waals surface area contributed by atoms with Gasteiger partial charge in [0.25, 0.3) is 5.91 Å². The number of alkyl halides is 3. The van der Waals surface area contributed by atoms with Crippen LogP contribution in [0.1, 0.15) is 29.1 Å². The predicted octanol–water partition coefficient (Wildman–Crippen LogP) is 2.83. The zero-order chi connectivity index (χ0) is 27.6. The highest BCUT2D eigenvalue weighted by Gasteiger charge is 2.41. The van der Waals surface area contributed by atoms with Crippen molar-refractivity contribution >= 4 is 40.9 Å². The second-order valence-electron chi connectivity index (χ2n) is 8.32. The number of aryl methyl sites for hydroxylation is 2. The van der Waals surface area contributed by atoms with Gasteiger partial charge in [-0.15, -0.1) is 10.2 Å². The van der Waals surface area contributed by atoms with Crippen LogP contribution in [-0.4, -0.2) is 44.6 Å². The van der Waals surface area contributed by atoms with Crippen molar-refractivity contribution < 1.29 is 22.8 Å². The smallest absolute Gasteiger partial charge is 0.382 e. The van der Waals surface area contributed by atoms with E-state index in [1.54, 1.807) is 31.2 Å². The van der Waals surface area contributed by atoms with Gasteiger partial charge in [-0.3, -0.25) is 19.9 Å². The van der Waals surface area contributed by atoms with Crippen LogP contribution < -0.4 is 21.1 Å². The van der Waals surface area contributed by atoms with Crippen LogP contribution >= 0.6 is 11.6 Å². The SMILES string of the molecule is Cc1cc(C(F)(F)F)nc(N2NC(=O)CC2C(=O)N(CC#Cc2ccc(N)nn2)c2ccc(Cl)c(C)c2)n1. The molecule has 38 heavy (non-hydrogen) atoms. The summed E-state index contributed by atoms with van der Waals surface area (Å²) >= 11 is 6.15. The quantitative estimate of drug-likeness (QED) is 0.480. The molecule has 1 aliphatic heterocycles. The van der Waals surface area contributed by atoms with Crippen LogP contribution in [0, 0.1) is 25.7 Å². The molecule has 3 heterocycles. The van der Waals surface area contributed by atoms with Crippen molar-refractivity contribution in [3.05, 3.63) is 64.1 Å². The molecule has 1 saturated heterocycles. The number of hydrogen-bond acceptors (Lipinski definition) is 8. The van der Waals surface area contributed by atoms with Gasteiger partial charge in [-0.05, 0) is 61.7 Å². The van der Waals surface area contributed by atoms with Gasteiger partial charge < -0.3 is 5.73 Å². The Labute approximate surface area is 220 Å². The summed E-state index contributed by atoms with van der Waals surface area (Å²) in [4.78, 5) is 35.0. The summed E-state index contributed by atoms with van der Waals surface area (Å²) in [7, 11) is 0. The molecule has 2 aromatic heterocycles. The fraction of sp³-hybridized carbons (Fsp3) is 0.250. The Hall–Kier alpha value is -4.44. The number of nitrogens with one attached hydrogen (secondary N) is 1. The number of benzene rings is 1. The van der Waals surface area contributed by atoms with E-state index in [-0.39, 0.29) is 24.5 Å². The standard InChI is InChI=1S/C24H20ClF3N8O2/c1-13-10-16(6-7-17(13)25)35(9-3-4-15-5-8-20(29)33-32-15)22(38)18-12-21(37)34-36(18)23-30-14(2)11-19(31-23)24(26,27)28/h5-8,10-11,18H,9,12H2,1-2H3,(H2,29,33)(H,34,37). The monoisotopic (exact) mass is 544 g/mol. The van der Waals surface area contributed by atoms with Crippen LogP contribution in [0.25, 0.3) is 0 Å². The zero-order valence-electron chi connectivity index (χ0n) is 20.0. The highest BCUT2D eigenvalue weighted by atomic mass is 35.5. The summed E-state index contributed by atoms with van der Waals surface area (Å²) in [5.41, 5.74) is 8.13. The van der Waals surface area contributed by atoms with E-state index in [1.807, 2.05) is 0 Å². The van der Waals surface area contributed by atoms with Crippen molar-refractivity contribution in [1.82, 2.24) is 25.6 Å². The Morgan fingerprint density at radius 1 is 1.21 bits per heavy atom. The molecular weight excluding hydrogens is 525 g/mol. The molecule has 0 aliphatic carbocycles. The summed E-state index contributed by atoms with van der Waals surface area (Å²) in [6, 6.07) is 7.45. The number of hydrogen-bond donors (Lipinski definition) is 2. The molecule has 4 rings (SSSR count). The van der Waals surface area contributed by atoms with E-state index in [0.717, 1.165) is 11.1 Å². The summed E-state index contributed by atoms with van der Waals surface area (Å²) in [5.74, 6) is 4.17. The molecule has 2 amide bonds. The number of carbonyl (C=O) groups excluding carboxylic acids is 2. The molecule has 10 nitrogen and oxygen atoms in total. The van der Waals surface area contributed by atoms with E-state index < -0.39 is 35.7 Å². The minimum Gasteiger partial charge on any atom is -0.382 e. The Bertz CT molecular complexity index is 1450. The number of nitrogens with two attached hydrogens (primary N) is 1. The van der Waals surface area contributed by atoms with E-state index in [0.29, 0.717) is 22.0 Å². The molecule has 14 heteroatoms. The first-order valence-electron chi connectivity index (χ1n) is 11.1. The maximum atomic E-state index is 13.8. The lowest BCUT2D eigenvalue weighted by molar-refractivity contribution is -0.141.